The zero-order valence-electron chi connectivity index (χ0n) is 17.6. The maximum atomic E-state index is 14.1. The molecule has 32 heavy (non-hydrogen) atoms. The van der Waals surface area contributed by atoms with Crippen molar-refractivity contribution in [3.8, 4) is 5.75 Å². The number of fused-ring (bicyclic) bond motifs is 2. The second kappa shape index (κ2) is 7.90. The van der Waals surface area contributed by atoms with Crippen molar-refractivity contribution in [1.82, 2.24) is 14.8 Å². The summed E-state index contributed by atoms with van der Waals surface area (Å²) in [5.41, 5.74) is -2.13. The molecule has 2 aliphatic rings. The molecule has 1 aliphatic carbocycles. The summed E-state index contributed by atoms with van der Waals surface area (Å²) in [5, 5.41) is 22.7. The number of aliphatic hydroxyl groups is 1. The Bertz CT molecular complexity index is 1180. The van der Waals surface area contributed by atoms with Crippen LogP contribution in [0.3, 0.4) is 0 Å². The van der Waals surface area contributed by atoms with Gasteiger partial charge in [0.05, 0.1) is 10.6 Å². The normalized spacial score (nSPS) is 21.8. The lowest BCUT2D eigenvalue weighted by Crippen LogP contribution is -2.52. The number of pyridine rings is 1. The van der Waals surface area contributed by atoms with Crippen LogP contribution in [0.4, 0.5) is 4.39 Å². The monoisotopic (exact) mass is 463 g/mol. The van der Waals surface area contributed by atoms with E-state index >= 15 is 0 Å². The minimum atomic E-state index is -0.990. The van der Waals surface area contributed by atoms with Crippen LogP contribution in [0.15, 0.2) is 29.2 Å². The maximum Gasteiger partial charge on any atom is 0.274 e. The Labute approximate surface area is 188 Å². The molecule has 1 aliphatic heterocycles. The number of aromatic nitrogens is 1. The number of hydrogen-bond donors (Lipinski definition) is 3. The van der Waals surface area contributed by atoms with E-state index in [2.05, 4.69) is 5.32 Å². The van der Waals surface area contributed by atoms with Gasteiger partial charge in [-0.2, -0.15) is 0 Å². The summed E-state index contributed by atoms with van der Waals surface area (Å²) in [6, 6.07) is 4.17. The number of carbonyl (C=O) groups excluding carboxylic acids is 2. The number of nitrogens with one attached hydrogen (secondary N) is 1. The summed E-state index contributed by atoms with van der Waals surface area (Å²) in [6.45, 7) is 3.57. The fraction of sp³-hybridized carbons (Fsp3) is 0.409. The number of rotatable bonds is 5. The smallest absolute Gasteiger partial charge is 0.274 e. The van der Waals surface area contributed by atoms with Crippen molar-refractivity contribution in [2.75, 3.05) is 13.2 Å². The molecule has 10 heteroatoms. The molecule has 2 amide bonds. The molecule has 4 rings (SSSR count). The number of aromatic hydroxyl groups is 1. The van der Waals surface area contributed by atoms with E-state index in [0.717, 1.165) is 0 Å². The van der Waals surface area contributed by atoms with E-state index in [1.54, 1.807) is 4.90 Å². The van der Waals surface area contributed by atoms with Crippen LogP contribution in [0.1, 0.15) is 46.7 Å². The highest BCUT2D eigenvalue weighted by atomic mass is 35.5. The van der Waals surface area contributed by atoms with Gasteiger partial charge in [0.2, 0.25) is 5.43 Å². The molecule has 2 aromatic rings. The van der Waals surface area contributed by atoms with Crippen molar-refractivity contribution in [3.63, 3.8) is 0 Å². The van der Waals surface area contributed by atoms with Crippen molar-refractivity contribution in [1.29, 1.82) is 0 Å². The summed E-state index contributed by atoms with van der Waals surface area (Å²) < 4.78 is 15.6. The van der Waals surface area contributed by atoms with Gasteiger partial charge in [0.1, 0.15) is 11.4 Å². The third-order valence-corrected chi connectivity index (χ3v) is 6.62. The zero-order chi connectivity index (χ0) is 23.4. The Kier molecular flexibility index (Phi) is 5.50. The largest absolute Gasteiger partial charge is 0.503 e. The minimum absolute atomic E-state index is 0.0952. The van der Waals surface area contributed by atoms with Crippen LogP contribution in [0, 0.1) is 11.7 Å². The summed E-state index contributed by atoms with van der Waals surface area (Å²) >= 11 is 5.75. The van der Waals surface area contributed by atoms with Gasteiger partial charge in [0, 0.05) is 43.4 Å². The Morgan fingerprint density at radius 2 is 2.09 bits per heavy atom. The number of nitrogens with zero attached hydrogens (tertiary/aromatic N) is 2. The van der Waals surface area contributed by atoms with E-state index in [1.807, 2.05) is 13.8 Å². The van der Waals surface area contributed by atoms with Crippen LogP contribution >= 0.6 is 11.6 Å². The SMILES string of the molecule is CC(C)N1C[C@]2(C[C@H]2CO)n2cc(C(=O)NCc3cccc(Cl)c3F)c(=O)c(O)c2C1=O. The van der Waals surface area contributed by atoms with Crippen molar-refractivity contribution >= 4 is 23.4 Å². The first kappa shape index (κ1) is 22.3. The molecule has 1 spiro atoms. The van der Waals surface area contributed by atoms with Gasteiger partial charge >= 0.3 is 0 Å². The van der Waals surface area contributed by atoms with Gasteiger partial charge in [0.15, 0.2) is 11.4 Å². The Morgan fingerprint density at radius 1 is 1.38 bits per heavy atom. The highest BCUT2D eigenvalue weighted by Crippen LogP contribution is 2.54. The first-order valence-corrected chi connectivity index (χ1v) is 10.6. The standard InChI is InChI=1S/C22H23ClFN3O5/c1-11(2)26-10-22(6-13(22)9-28)27-8-14(18(29)19(30)17(27)21(26)32)20(31)25-7-12-4-3-5-15(23)16(12)24/h3-5,8,11,13,28,30H,6-7,9-10H2,1-2H3,(H,25,31)/t13-,22-/m0/s1. The Hall–Kier alpha value is -2.91. The lowest BCUT2D eigenvalue weighted by Gasteiger charge is -2.39. The molecule has 0 saturated heterocycles. The van der Waals surface area contributed by atoms with E-state index < -0.39 is 34.3 Å². The van der Waals surface area contributed by atoms with Gasteiger partial charge in [-0.3, -0.25) is 14.4 Å². The van der Waals surface area contributed by atoms with E-state index in [4.69, 9.17) is 11.6 Å². The highest BCUT2D eigenvalue weighted by Gasteiger charge is 2.60. The molecular formula is C22H23ClFN3O5. The zero-order valence-corrected chi connectivity index (χ0v) is 18.3. The van der Waals surface area contributed by atoms with Crippen molar-refractivity contribution in [3.05, 3.63) is 62.3 Å². The van der Waals surface area contributed by atoms with Crippen LogP contribution in [0.2, 0.25) is 5.02 Å². The van der Waals surface area contributed by atoms with Crippen LogP contribution in [-0.4, -0.2) is 50.7 Å². The highest BCUT2D eigenvalue weighted by molar-refractivity contribution is 6.30. The fourth-order valence-corrected chi connectivity index (χ4v) is 4.56. The van der Waals surface area contributed by atoms with Gasteiger partial charge in [-0.25, -0.2) is 4.39 Å². The third kappa shape index (κ3) is 3.36. The van der Waals surface area contributed by atoms with E-state index in [9.17, 15) is 29.0 Å². The molecule has 3 N–H and O–H groups in total. The van der Waals surface area contributed by atoms with E-state index in [1.165, 1.54) is 29.0 Å². The van der Waals surface area contributed by atoms with E-state index in [-0.39, 0.29) is 47.0 Å². The Balaban J connectivity index is 1.73. The predicted molar refractivity (Wildman–Crippen MR) is 114 cm³/mol. The minimum Gasteiger partial charge on any atom is -0.503 e. The average molecular weight is 464 g/mol. The lowest BCUT2D eigenvalue weighted by atomic mass is 10.0. The second-order valence-electron chi connectivity index (χ2n) is 8.55. The molecule has 0 unspecified atom stereocenters. The fourth-order valence-electron chi connectivity index (χ4n) is 4.36. The summed E-state index contributed by atoms with van der Waals surface area (Å²) in [7, 11) is 0. The average Bonchev–Trinajstić information content (AvgIpc) is 3.47. The van der Waals surface area contributed by atoms with Crippen LogP contribution in [0.5, 0.6) is 5.75 Å². The number of hydrogen-bond acceptors (Lipinski definition) is 5. The predicted octanol–water partition coefficient (Wildman–Crippen LogP) is 1.85. The van der Waals surface area contributed by atoms with Crippen molar-refractivity contribution in [2.45, 2.75) is 38.4 Å². The van der Waals surface area contributed by atoms with Gasteiger partial charge in [-0.05, 0) is 26.3 Å². The molecule has 1 aromatic carbocycles. The maximum absolute atomic E-state index is 14.1. The molecule has 170 valence electrons. The van der Waals surface area contributed by atoms with Gasteiger partial charge in [-0.15, -0.1) is 0 Å². The molecule has 1 fully saturated rings. The molecule has 2 heterocycles. The summed E-state index contributed by atoms with van der Waals surface area (Å²) in [6.07, 6.45) is 1.79. The molecule has 8 nitrogen and oxygen atoms in total. The van der Waals surface area contributed by atoms with Crippen LogP contribution in [-0.2, 0) is 12.1 Å². The first-order valence-electron chi connectivity index (χ1n) is 10.2. The van der Waals surface area contributed by atoms with Crippen molar-refractivity contribution < 1.29 is 24.2 Å². The number of aliphatic hydroxyl groups excluding tert-OH is 1. The van der Waals surface area contributed by atoms with E-state index in [0.29, 0.717) is 13.0 Å². The molecule has 0 bridgehead atoms. The third-order valence-electron chi connectivity index (χ3n) is 6.33. The second-order valence-corrected chi connectivity index (χ2v) is 8.96. The quantitative estimate of drug-likeness (QED) is 0.626. The number of carbonyl (C=O) groups is 2. The molecular weight excluding hydrogens is 441 g/mol. The number of benzene rings is 1. The number of halogens is 2. The van der Waals surface area contributed by atoms with Crippen LogP contribution < -0.4 is 10.7 Å². The van der Waals surface area contributed by atoms with Gasteiger partial charge in [-0.1, -0.05) is 23.7 Å². The molecule has 1 aromatic heterocycles. The summed E-state index contributed by atoms with van der Waals surface area (Å²) in [5.74, 6) is -3.02. The van der Waals surface area contributed by atoms with Crippen molar-refractivity contribution in [2.24, 2.45) is 5.92 Å². The van der Waals surface area contributed by atoms with Gasteiger partial charge in [0.25, 0.3) is 11.8 Å². The van der Waals surface area contributed by atoms with Gasteiger partial charge < -0.3 is 25.0 Å². The molecule has 1 saturated carbocycles. The molecule has 2 atom stereocenters. The lowest BCUT2D eigenvalue weighted by molar-refractivity contribution is 0.0551. The number of amides is 2. The van der Waals surface area contributed by atoms with Crippen LogP contribution in [0.25, 0.3) is 0 Å². The molecule has 0 radical (unpaired) electrons. The Morgan fingerprint density at radius 3 is 2.72 bits per heavy atom. The summed E-state index contributed by atoms with van der Waals surface area (Å²) in [4.78, 5) is 40.1. The first-order chi connectivity index (χ1) is 15.1. The topological polar surface area (TPSA) is 112 Å².